The third kappa shape index (κ3) is 4.10. The highest BCUT2D eigenvalue weighted by molar-refractivity contribution is 7.80. The lowest BCUT2D eigenvalue weighted by Crippen LogP contribution is -2.45. The predicted molar refractivity (Wildman–Crippen MR) is 100 cm³/mol. The molecule has 0 unspecified atom stereocenters. The summed E-state index contributed by atoms with van der Waals surface area (Å²) in [6.45, 7) is 0. The van der Waals surface area contributed by atoms with Gasteiger partial charge in [-0.2, -0.15) is 13.2 Å². The number of nitrogens with one attached hydrogen (secondary N) is 2. The number of alkyl halides is 3. The monoisotopic (exact) mass is 404 g/mol. The zero-order chi connectivity index (χ0) is 18.1. The number of rotatable bonds is 3. The molecular formula is C17H16ClF3N2S2. The van der Waals surface area contributed by atoms with Gasteiger partial charge in [0.25, 0.3) is 0 Å². The molecule has 25 heavy (non-hydrogen) atoms. The average Bonchev–Trinajstić information content (AvgIpc) is 3.19. The van der Waals surface area contributed by atoms with Gasteiger partial charge in [0.15, 0.2) is 5.11 Å². The Kier molecular flexibility index (Phi) is 5.27. The van der Waals surface area contributed by atoms with Crippen molar-refractivity contribution in [3.8, 4) is 0 Å². The van der Waals surface area contributed by atoms with Crippen LogP contribution in [0.25, 0.3) is 0 Å². The quantitative estimate of drug-likeness (QED) is 0.597. The SMILES string of the molecule is FC(F)(F)c1cc(NC(=S)NC2(c3cccs3)CCCC2)ccc1Cl. The highest BCUT2D eigenvalue weighted by atomic mass is 35.5. The van der Waals surface area contributed by atoms with Gasteiger partial charge < -0.3 is 10.6 Å². The molecule has 1 aromatic carbocycles. The Bertz CT molecular complexity index is 754. The first-order chi connectivity index (χ1) is 11.8. The molecule has 0 spiro atoms. The van der Waals surface area contributed by atoms with Crippen LogP contribution in [0, 0.1) is 0 Å². The van der Waals surface area contributed by atoms with E-state index in [1.165, 1.54) is 17.0 Å². The largest absolute Gasteiger partial charge is 0.417 e. The van der Waals surface area contributed by atoms with Crippen molar-refractivity contribution in [3.63, 3.8) is 0 Å². The predicted octanol–water partition coefficient (Wildman–Crippen LogP) is 6.18. The topological polar surface area (TPSA) is 24.1 Å². The molecule has 0 atom stereocenters. The van der Waals surface area contributed by atoms with Gasteiger partial charge in [-0.15, -0.1) is 11.3 Å². The summed E-state index contributed by atoms with van der Waals surface area (Å²) < 4.78 is 38.9. The van der Waals surface area contributed by atoms with E-state index < -0.39 is 11.7 Å². The maximum Gasteiger partial charge on any atom is 0.417 e. The van der Waals surface area contributed by atoms with E-state index in [4.69, 9.17) is 23.8 Å². The van der Waals surface area contributed by atoms with Gasteiger partial charge in [0.1, 0.15) is 0 Å². The smallest absolute Gasteiger partial charge is 0.352 e. The fourth-order valence-corrected chi connectivity index (χ4v) is 4.64. The van der Waals surface area contributed by atoms with Crippen LogP contribution in [-0.2, 0) is 11.7 Å². The van der Waals surface area contributed by atoms with E-state index in [1.54, 1.807) is 11.3 Å². The number of halogens is 4. The summed E-state index contributed by atoms with van der Waals surface area (Å²) in [5.41, 5.74) is -0.860. The zero-order valence-electron chi connectivity index (χ0n) is 13.1. The number of hydrogen-bond acceptors (Lipinski definition) is 2. The Balaban J connectivity index is 1.76. The molecule has 0 aliphatic heterocycles. The molecular weight excluding hydrogens is 389 g/mol. The maximum atomic E-state index is 13.0. The molecule has 1 aliphatic carbocycles. The van der Waals surface area contributed by atoms with Gasteiger partial charge in [0.2, 0.25) is 0 Å². The molecule has 134 valence electrons. The summed E-state index contributed by atoms with van der Waals surface area (Å²) in [5, 5.41) is 8.19. The molecule has 0 amide bonds. The van der Waals surface area contributed by atoms with Gasteiger partial charge in [-0.1, -0.05) is 30.5 Å². The second kappa shape index (κ2) is 7.13. The van der Waals surface area contributed by atoms with Crippen molar-refractivity contribution >= 4 is 46.0 Å². The minimum atomic E-state index is -4.51. The number of hydrogen-bond donors (Lipinski definition) is 2. The molecule has 1 saturated carbocycles. The standard InChI is InChI=1S/C17H16ClF3N2S2/c18-13-6-5-11(10-12(13)17(19,20)21)22-15(24)23-16(7-1-2-8-16)14-4-3-9-25-14/h3-6,9-10H,1-2,7-8H2,(H2,22,23,24). The van der Waals surface area contributed by atoms with E-state index in [0.29, 0.717) is 5.11 Å². The minimum Gasteiger partial charge on any atom is -0.352 e. The van der Waals surface area contributed by atoms with Gasteiger partial charge in [-0.05, 0) is 54.7 Å². The first-order valence-electron chi connectivity index (χ1n) is 7.80. The summed E-state index contributed by atoms with van der Waals surface area (Å²) in [6, 6.07) is 7.74. The number of anilines is 1. The first kappa shape index (κ1) is 18.5. The molecule has 0 saturated heterocycles. The lowest BCUT2D eigenvalue weighted by atomic mass is 9.96. The molecule has 1 aliphatic rings. The molecule has 0 bridgehead atoms. The van der Waals surface area contributed by atoms with Crippen LogP contribution in [0.15, 0.2) is 35.7 Å². The van der Waals surface area contributed by atoms with Crippen LogP contribution in [0.1, 0.15) is 36.1 Å². The van der Waals surface area contributed by atoms with Crippen LogP contribution in [0.3, 0.4) is 0 Å². The van der Waals surface area contributed by atoms with Gasteiger partial charge in [0.05, 0.1) is 16.1 Å². The lowest BCUT2D eigenvalue weighted by molar-refractivity contribution is -0.137. The van der Waals surface area contributed by atoms with E-state index in [2.05, 4.69) is 16.7 Å². The van der Waals surface area contributed by atoms with Crippen molar-refractivity contribution < 1.29 is 13.2 Å². The summed E-state index contributed by atoms with van der Waals surface area (Å²) in [4.78, 5) is 1.20. The van der Waals surface area contributed by atoms with Crippen molar-refractivity contribution in [3.05, 3.63) is 51.2 Å². The summed E-state index contributed by atoms with van der Waals surface area (Å²) in [5.74, 6) is 0. The molecule has 0 radical (unpaired) electrons. The summed E-state index contributed by atoms with van der Waals surface area (Å²) in [6.07, 6.45) is -0.430. The van der Waals surface area contributed by atoms with Crippen LogP contribution in [0.4, 0.5) is 18.9 Å². The number of benzene rings is 1. The molecule has 2 aromatic rings. The van der Waals surface area contributed by atoms with Crippen molar-refractivity contribution in [2.75, 3.05) is 5.32 Å². The van der Waals surface area contributed by atoms with E-state index in [0.717, 1.165) is 31.7 Å². The molecule has 2 nitrogen and oxygen atoms in total. The van der Waals surface area contributed by atoms with Crippen LogP contribution in [0.5, 0.6) is 0 Å². The van der Waals surface area contributed by atoms with Crippen molar-refractivity contribution in [2.24, 2.45) is 0 Å². The van der Waals surface area contributed by atoms with E-state index in [-0.39, 0.29) is 16.2 Å². The Morgan fingerprint density at radius 3 is 2.52 bits per heavy atom. The highest BCUT2D eigenvalue weighted by Crippen LogP contribution is 2.41. The molecule has 8 heteroatoms. The Morgan fingerprint density at radius 2 is 1.92 bits per heavy atom. The van der Waals surface area contributed by atoms with Gasteiger partial charge in [0, 0.05) is 10.6 Å². The maximum absolute atomic E-state index is 13.0. The minimum absolute atomic E-state index is 0.239. The third-order valence-corrected chi connectivity index (χ3v) is 5.94. The fraction of sp³-hybridized carbons (Fsp3) is 0.353. The van der Waals surface area contributed by atoms with Gasteiger partial charge in [-0.25, -0.2) is 0 Å². The van der Waals surface area contributed by atoms with Crippen LogP contribution < -0.4 is 10.6 Å². The van der Waals surface area contributed by atoms with E-state index >= 15 is 0 Å². The van der Waals surface area contributed by atoms with Crippen molar-refractivity contribution in [1.82, 2.24) is 5.32 Å². The summed E-state index contributed by atoms with van der Waals surface area (Å²) >= 11 is 12.7. The van der Waals surface area contributed by atoms with Crippen molar-refractivity contribution in [2.45, 2.75) is 37.4 Å². The molecule has 2 N–H and O–H groups in total. The zero-order valence-corrected chi connectivity index (χ0v) is 15.5. The molecule has 1 heterocycles. The van der Waals surface area contributed by atoms with Crippen LogP contribution >= 0.6 is 35.2 Å². The normalized spacial score (nSPS) is 16.6. The lowest BCUT2D eigenvalue weighted by Gasteiger charge is -2.31. The second-order valence-electron chi connectivity index (χ2n) is 6.04. The Morgan fingerprint density at radius 1 is 1.20 bits per heavy atom. The molecule has 1 aromatic heterocycles. The molecule has 1 fully saturated rings. The van der Waals surface area contributed by atoms with Crippen LogP contribution in [-0.4, -0.2) is 5.11 Å². The number of thiophene rings is 1. The fourth-order valence-electron chi connectivity index (χ4n) is 3.16. The van der Waals surface area contributed by atoms with E-state index in [1.807, 2.05) is 11.4 Å². The van der Waals surface area contributed by atoms with E-state index in [9.17, 15) is 13.2 Å². The van der Waals surface area contributed by atoms with Gasteiger partial charge >= 0.3 is 6.18 Å². The highest BCUT2D eigenvalue weighted by Gasteiger charge is 2.37. The third-order valence-electron chi connectivity index (χ3n) is 4.33. The average molecular weight is 405 g/mol. The molecule has 3 rings (SSSR count). The second-order valence-corrected chi connectivity index (χ2v) is 7.80. The Labute approximate surface area is 158 Å². The number of thiocarbonyl (C=S) groups is 1. The van der Waals surface area contributed by atoms with Crippen LogP contribution in [0.2, 0.25) is 5.02 Å². The van der Waals surface area contributed by atoms with Crippen molar-refractivity contribution in [1.29, 1.82) is 0 Å². The summed E-state index contributed by atoms with van der Waals surface area (Å²) in [7, 11) is 0. The Hall–Kier alpha value is -1.31. The van der Waals surface area contributed by atoms with Gasteiger partial charge in [-0.3, -0.25) is 0 Å². The first-order valence-corrected chi connectivity index (χ1v) is 9.47.